The molecule has 86 valence electrons. The Morgan fingerprint density at radius 2 is 1.73 bits per heavy atom. The Hall–Kier alpha value is -0.850. The maximum absolute atomic E-state index is 11.0. The number of Topliss-reactive ketones (excluding diaryl/α,β-unsaturated/α-hetero) is 1. The van der Waals surface area contributed by atoms with Gasteiger partial charge < -0.3 is 0 Å². The second-order valence-corrected chi connectivity index (χ2v) is 4.64. The van der Waals surface area contributed by atoms with E-state index in [1.54, 1.807) is 6.92 Å². The highest BCUT2D eigenvalue weighted by Gasteiger charge is 2.00. The zero-order chi connectivity index (χ0) is 11.8. The molecule has 15 heavy (non-hydrogen) atoms. The predicted octanol–water partition coefficient (Wildman–Crippen LogP) is 4.29. The normalized spacial score (nSPS) is 13.5. The highest BCUT2D eigenvalue weighted by molar-refractivity contribution is 5.92. The summed E-state index contributed by atoms with van der Waals surface area (Å²) in [6.07, 6.45) is 7.71. The number of hydrogen-bond donors (Lipinski definition) is 0. The van der Waals surface area contributed by atoms with E-state index in [0.29, 0.717) is 5.92 Å². The van der Waals surface area contributed by atoms with Gasteiger partial charge in [0.05, 0.1) is 0 Å². The fourth-order valence-electron chi connectivity index (χ4n) is 1.30. The van der Waals surface area contributed by atoms with E-state index in [1.807, 2.05) is 6.92 Å². The van der Waals surface area contributed by atoms with Crippen LogP contribution in [0.5, 0.6) is 0 Å². The molecule has 0 aliphatic heterocycles. The summed E-state index contributed by atoms with van der Waals surface area (Å²) in [4.78, 5) is 11.0. The lowest BCUT2D eigenvalue weighted by Crippen LogP contribution is -1.96. The molecule has 0 bridgehead atoms. The first-order chi connectivity index (χ1) is 6.93. The van der Waals surface area contributed by atoms with Gasteiger partial charge >= 0.3 is 0 Å². The molecule has 0 N–H and O–H groups in total. The third kappa shape index (κ3) is 8.17. The standard InChI is InChI=1S/C14H24O/c1-11(2)7-6-8-12(3)9-10-13(4)14(5)15/h7,10,12H,6,8-9H2,1-5H3. The molecular formula is C14H24O. The average Bonchev–Trinajstić information content (AvgIpc) is 2.13. The second-order valence-electron chi connectivity index (χ2n) is 4.64. The van der Waals surface area contributed by atoms with Gasteiger partial charge in [0.1, 0.15) is 0 Å². The van der Waals surface area contributed by atoms with Crippen LogP contribution in [0.2, 0.25) is 0 Å². The molecule has 0 fully saturated rings. The van der Waals surface area contributed by atoms with Crippen LogP contribution in [0.4, 0.5) is 0 Å². The van der Waals surface area contributed by atoms with Crippen molar-refractivity contribution in [2.45, 2.75) is 53.9 Å². The fraction of sp³-hybridized carbons (Fsp3) is 0.643. The number of hydrogen-bond acceptors (Lipinski definition) is 1. The first kappa shape index (κ1) is 14.2. The molecule has 0 spiro atoms. The summed E-state index contributed by atoms with van der Waals surface area (Å²) in [7, 11) is 0. The van der Waals surface area contributed by atoms with Crippen LogP contribution < -0.4 is 0 Å². The van der Waals surface area contributed by atoms with E-state index in [4.69, 9.17) is 0 Å². The average molecular weight is 208 g/mol. The van der Waals surface area contributed by atoms with E-state index in [1.165, 1.54) is 12.0 Å². The van der Waals surface area contributed by atoms with Gasteiger partial charge in [0, 0.05) is 0 Å². The molecule has 0 aliphatic rings. The summed E-state index contributed by atoms with van der Waals surface area (Å²) in [6, 6.07) is 0. The number of carbonyl (C=O) groups excluding carboxylic acids is 1. The van der Waals surface area contributed by atoms with Crippen molar-refractivity contribution in [2.75, 3.05) is 0 Å². The zero-order valence-corrected chi connectivity index (χ0v) is 10.8. The Morgan fingerprint density at radius 3 is 2.20 bits per heavy atom. The molecule has 0 aliphatic carbocycles. The molecular weight excluding hydrogens is 184 g/mol. The van der Waals surface area contributed by atoms with Crippen LogP contribution >= 0.6 is 0 Å². The summed E-state index contributed by atoms with van der Waals surface area (Å²) < 4.78 is 0. The summed E-state index contributed by atoms with van der Waals surface area (Å²) >= 11 is 0. The summed E-state index contributed by atoms with van der Waals surface area (Å²) in [5, 5.41) is 0. The molecule has 0 rings (SSSR count). The Kier molecular flexibility index (Phi) is 7.02. The van der Waals surface area contributed by atoms with E-state index < -0.39 is 0 Å². The minimum Gasteiger partial charge on any atom is -0.295 e. The smallest absolute Gasteiger partial charge is 0.155 e. The van der Waals surface area contributed by atoms with Crippen molar-refractivity contribution in [3.05, 3.63) is 23.3 Å². The maximum atomic E-state index is 11.0. The lowest BCUT2D eigenvalue weighted by atomic mass is 9.99. The van der Waals surface area contributed by atoms with Crippen LogP contribution in [0, 0.1) is 5.92 Å². The first-order valence-electron chi connectivity index (χ1n) is 5.74. The molecule has 0 saturated heterocycles. The number of allylic oxidation sites excluding steroid dienone is 4. The van der Waals surface area contributed by atoms with Crippen LogP contribution in [0.15, 0.2) is 23.3 Å². The number of carbonyl (C=O) groups is 1. The van der Waals surface area contributed by atoms with Crippen LogP contribution in [0.25, 0.3) is 0 Å². The second kappa shape index (κ2) is 7.44. The zero-order valence-electron chi connectivity index (χ0n) is 10.8. The lowest BCUT2D eigenvalue weighted by Gasteiger charge is -2.07. The van der Waals surface area contributed by atoms with Crippen molar-refractivity contribution in [1.82, 2.24) is 0 Å². The molecule has 1 atom stereocenters. The first-order valence-corrected chi connectivity index (χ1v) is 5.74. The van der Waals surface area contributed by atoms with E-state index in [9.17, 15) is 4.79 Å². The summed E-state index contributed by atoms with van der Waals surface area (Å²) in [5.41, 5.74) is 2.28. The minimum atomic E-state index is 0.187. The van der Waals surface area contributed by atoms with Crippen molar-refractivity contribution in [3.63, 3.8) is 0 Å². The van der Waals surface area contributed by atoms with Gasteiger partial charge in [-0.3, -0.25) is 4.79 Å². The monoisotopic (exact) mass is 208 g/mol. The number of ketones is 1. The lowest BCUT2D eigenvalue weighted by molar-refractivity contribution is -0.113. The molecule has 0 aromatic carbocycles. The maximum Gasteiger partial charge on any atom is 0.155 e. The van der Waals surface area contributed by atoms with E-state index in [0.717, 1.165) is 18.4 Å². The van der Waals surface area contributed by atoms with Crippen LogP contribution in [0.3, 0.4) is 0 Å². The van der Waals surface area contributed by atoms with Crippen molar-refractivity contribution >= 4 is 5.78 Å². The van der Waals surface area contributed by atoms with Crippen molar-refractivity contribution in [1.29, 1.82) is 0 Å². The number of rotatable bonds is 6. The fourth-order valence-corrected chi connectivity index (χ4v) is 1.30. The van der Waals surface area contributed by atoms with Gasteiger partial charge in [0.2, 0.25) is 0 Å². The van der Waals surface area contributed by atoms with E-state index >= 15 is 0 Å². The van der Waals surface area contributed by atoms with Crippen molar-refractivity contribution in [3.8, 4) is 0 Å². The third-order valence-electron chi connectivity index (χ3n) is 2.59. The Labute approximate surface area is 94.3 Å². The van der Waals surface area contributed by atoms with Gasteiger partial charge in [-0.1, -0.05) is 24.6 Å². The third-order valence-corrected chi connectivity index (χ3v) is 2.59. The van der Waals surface area contributed by atoms with Gasteiger partial charge in [-0.2, -0.15) is 0 Å². The molecule has 0 heterocycles. The Balaban J connectivity index is 3.85. The van der Waals surface area contributed by atoms with Crippen molar-refractivity contribution < 1.29 is 4.79 Å². The topological polar surface area (TPSA) is 17.1 Å². The molecule has 0 aromatic rings. The highest BCUT2D eigenvalue weighted by atomic mass is 16.1. The SMILES string of the molecule is CC(=O)C(C)=CCC(C)CCC=C(C)C. The Morgan fingerprint density at radius 1 is 1.13 bits per heavy atom. The van der Waals surface area contributed by atoms with E-state index in [2.05, 4.69) is 32.9 Å². The quantitative estimate of drug-likeness (QED) is 0.470. The Bertz CT molecular complexity index is 255. The summed E-state index contributed by atoms with van der Waals surface area (Å²) in [5.74, 6) is 0.849. The van der Waals surface area contributed by atoms with Gasteiger partial charge in [-0.25, -0.2) is 0 Å². The molecule has 0 amide bonds. The van der Waals surface area contributed by atoms with Gasteiger partial charge in [0.15, 0.2) is 5.78 Å². The molecule has 1 heteroatoms. The molecule has 1 unspecified atom stereocenters. The largest absolute Gasteiger partial charge is 0.295 e. The molecule has 0 saturated carbocycles. The molecule has 0 aromatic heterocycles. The van der Waals surface area contributed by atoms with Gasteiger partial charge in [-0.15, -0.1) is 0 Å². The van der Waals surface area contributed by atoms with Gasteiger partial charge in [0.25, 0.3) is 0 Å². The van der Waals surface area contributed by atoms with E-state index in [-0.39, 0.29) is 5.78 Å². The highest BCUT2D eigenvalue weighted by Crippen LogP contribution is 2.13. The molecule has 1 nitrogen and oxygen atoms in total. The predicted molar refractivity (Wildman–Crippen MR) is 66.9 cm³/mol. The minimum absolute atomic E-state index is 0.187. The summed E-state index contributed by atoms with van der Waals surface area (Å²) in [6.45, 7) is 10.0. The van der Waals surface area contributed by atoms with Gasteiger partial charge in [-0.05, 0) is 58.4 Å². The molecule has 0 radical (unpaired) electrons. The van der Waals surface area contributed by atoms with Crippen molar-refractivity contribution in [2.24, 2.45) is 5.92 Å². The van der Waals surface area contributed by atoms with Crippen LogP contribution in [0.1, 0.15) is 53.9 Å². The van der Waals surface area contributed by atoms with Crippen LogP contribution in [-0.4, -0.2) is 5.78 Å². The van der Waals surface area contributed by atoms with Crippen LogP contribution in [-0.2, 0) is 4.79 Å².